The molecule has 0 spiro atoms. The van der Waals surface area contributed by atoms with Crippen LogP contribution in [-0.4, -0.2) is 19.9 Å². The first-order valence-corrected chi connectivity index (χ1v) is 6.40. The highest BCUT2D eigenvalue weighted by Gasteiger charge is 2.10. The van der Waals surface area contributed by atoms with Crippen molar-refractivity contribution in [2.24, 2.45) is 10.9 Å². The molecule has 0 atom stereocenters. The van der Waals surface area contributed by atoms with Crippen LogP contribution in [0.25, 0.3) is 10.9 Å². The Labute approximate surface area is 93.5 Å². The fourth-order valence-electron chi connectivity index (χ4n) is 1.70. The minimum absolute atomic E-state index is 0.123. The van der Waals surface area contributed by atoms with Gasteiger partial charge in [-0.3, -0.25) is 0 Å². The molecule has 0 bridgehead atoms. The molecule has 0 saturated carbocycles. The monoisotopic (exact) mass is 239 g/mol. The average molecular weight is 239 g/mol. The predicted octanol–water partition coefficient (Wildman–Crippen LogP) is 0.317. The summed E-state index contributed by atoms with van der Waals surface area (Å²) < 4.78 is 22.4. The van der Waals surface area contributed by atoms with Gasteiger partial charge < -0.3 is 10.7 Å². The van der Waals surface area contributed by atoms with Crippen LogP contribution in [0.3, 0.4) is 0 Å². The quantitative estimate of drug-likeness (QED) is 0.718. The molecule has 0 saturated heterocycles. The van der Waals surface area contributed by atoms with Crippen LogP contribution in [0.1, 0.15) is 5.56 Å². The van der Waals surface area contributed by atoms with Crippen LogP contribution >= 0.6 is 0 Å². The van der Waals surface area contributed by atoms with Crippen LogP contribution in [0.2, 0.25) is 0 Å². The lowest BCUT2D eigenvalue weighted by molar-refractivity contribution is 0.598. The molecule has 0 radical (unpaired) electrons. The second kappa shape index (κ2) is 3.89. The van der Waals surface area contributed by atoms with Gasteiger partial charge >= 0.3 is 0 Å². The van der Waals surface area contributed by atoms with Gasteiger partial charge in [-0.05, 0) is 36.7 Å². The van der Waals surface area contributed by atoms with E-state index in [0.717, 1.165) is 16.5 Å². The Hall–Kier alpha value is -1.37. The van der Waals surface area contributed by atoms with Crippen molar-refractivity contribution in [2.75, 3.05) is 6.54 Å². The fraction of sp³-hybridized carbons (Fsp3) is 0.200. The number of nitrogens with one attached hydrogen (secondary N) is 1. The van der Waals surface area contributed by atoms with Crippen molar-refractivity contribution < 1.29 is 8.42 Å². The zero-order chi connectivity index (χ0) is 11.8. The van der Waals surface area contributed by atoms with Gasteiger partial charge in [-0.1, -0.05) is 0 Å². The summed E-state index contributed by atoms with van der Waals surface area (Å²) >= 11 is 0. The van der Waals surface area contributed by atoms with E-state index in [-0.39, 0.29) is 4.90 Å². The average Bonchev–Trinajstić information content (AvgIpc) is 2.60. The molecule has 86 valence electrons. The van der Waals surface area contributed by atoms with E-state index in [0.29, 0.717) is 13.0 Å². The van der Waals surface area contributed by atoms with Gasteiger partial charge in [0.1, 0.15) is 0 Å². The lowest BCUT2D eigenvalue weighted by Crippen LogP contribution is -2.11. The van der Waals surface area contributed by atoms with Gasteiger partial charge in [-0.2, -0.15) is 0 Å². The molecule has 1 aromatic carbocycles. The second-order valence-corrected chi connectivity index (χ2v) is 5.17. The molecule has 0 amide bonds. The number of aromatic nitrogens is 1. The Morgan fingerprint density at radius 3 is 2.69 bits per heavy atom. The summed E-state index contributed by atoms with van der Waals surface area (Å²) in [5.74, 6) is 0. The maximum atomic E-state index is 11.2. The Bertz CT molecular complexity index is 616. The molecule has 0 unspecified atom stereocenters. The van der Waals surface area contributed by atoms with Crippen molar-refractivity contribution in [3.8, 4) is 0 Å². The van der Waals surface area contributed by atoms with Crippen LogP contribution < -0.4 is 10.9 Å². The van der Waals surface area contributed by atoms with Crippen LogP contribution in [0.15, 0.2) is 29.3 Å². The predicted molar refractivity (Wildman–Crippen MR) is 62.4 cm³/mol. The molecular weight excluding hydrogens is 226 g/mol. The number of rotatable bonds is 3. The highest BCUT2D eigenvalue weighted by atomic mass is 32.2. The van der Waals surface area contributed by atoms with E-state index in [1.54, 1.807) is 12.1 Å². The van der Waals surface area contributed by atoms with Gasteiger partial charge in [0, 0.05) is 17.1 Å². The third-order valence-corrected chi connectivity index (χ3v) is 3.39. The van der Waals surface area contributed by atoms with Gasteiger partial charge in [-0.25, -0.2) is 13.6 Å². The van der Waals surface area contributed by atoms with E-state index in [2.05, 4.69) is 4.98 Å². The number of primary sulfonamides is 1. The van der Waals surface area contributed by atoms with E-state index in [1.807, 2.05) is 6.20 Å². The lowest BCUT2D eigenvalue weighted by Gasteiger charge is -2.00. The third kappa shape index (κ3) is 1.95. The zero-order valence-electron chi connectivity index (χ0n) is 8.60. The number of hydrogen-bond acceptors (Lipinski definition) is 3. The number of benzene rings is 1. The number of H-pyrrole nitrogens is 1. The lowest BCUT2D eigenvalue weighted by atomic mass is 10.1. The van der Waals surface area contributed by atoms with Gasteiger partial charge in [0.05, 0.1) is 4.90 Å². The first kappa shape index (κ1) is 11.1. The molecule has 5 nitrogen and oxygen atoms in total. The largest absolute Gasteiger partial charge is 0.361 e. The molecule has 0 aliphatic heterocycles. The van der Waals surface area contributed by atoms with Crippen LogP contribution in [0.4, 0.5) is 0 Å². The summed E-state index contributed by atoms with van der Waals surface area (Å²) in [6.45, 7) is 0.520. The highest BCUT2D eigenvalue weighted by Crippen LogP contribution is 2.21. The van der Waals surface area contributed by atoms with E-state index in [9.17, 15) is 8.42 Å². The van der Waals surface area contributed by atoms with Crippen LogP contribution in [0.5, 0.6) is 0 Å². The van der Waals surface area contributed by atoms with Gasteiger partial charge in [0.25, 0.3) is 0 Å². The minimum Gasteiger partial charge on any atom is -0.361 e. The van der Waals surface area contributed by atoms with Gasteiger partial charge in [0.15, 0.2) is 0 Å². The van der Waals surface area contributed by atoms with Crippen LogP contribution in [0, 0.1) is 0 Å². The summed E-state index contributed by atoms with van der Waals surface area (Å²) in [5.41, 5.74) is 7.37. The Morgan fingerprint density at radius 2 is 2.06 bits per heavy atom. The molecule has 2 aromatic rings. The van der Waals surface area contributed by atoms with Crippen molar-refractivity contribution in [1.82, 2.24) is 4.98 Å². The Balaban J connectivity index is 2.63. The molecule has 2 rings (SSSR count). The maximum absolute atomic E-state index is 11.2. The van der Waals surface area contributed by atoms with Gasteiger partial charge in [0.2, 0.25) is 10.0 Å². The zero-order valence-corrected chi connectivity index (χ0v) is 9.42. The molecule has 1 aromatic heterocycles. The van der Waals surface area contributed by atoms with E-state index >= 15 is 0 Å². The molecule has 16 heavy (non-hydrogen) atoms. The van der Waals surface area contributed by atoms with Crippen molar-refractivity contribution in [3.05, 3.63) is 30.0 Å². The highest BCUT2D eigenvalue weighted by molar-refractivity contribution is 7.89. The number of aromatic amines is 1. The fourth-order valence-corrected chi connectivity index (χ4v) is 2.24. The minimum atomic E-state index is -3.65. The first-order valence-electron chi connectivity index (χ1n) is 4.85. The normalized spacial score (nSPS) is 12.1. The maximum Gasteiger partial charge on any atom is 0.238 e. The topological polar surface area (TPSA) is 102 Å². The number of sulfonamides is 1. The second-order valence-electron chi connectivity index (χ2n) is 3.60. The standard InChI is InChI=1S/C10H13N3O2S/c11-4-3-7-6-13-10-2-1-8(5-9(7)10)16(12,14)15/h1-2,5-6,13H,3-4,11H2,(H2,12,14,15). The summed E-state index contributed by atoms with van der Waals surface area (Å²) in [6, 6.07) is 4.77. The Morgan fingerprint density at radius 1 is 1.31 bits per heavy atom. The summed E-state index contributed by atoms with van der Waals surface area (Å²) in [4.78, 5) is 3.18. The smallest absolute Gasteiger partial charge is 0.238 e. The third-order valence-electron chi connectivity index (χ3n) is 2.48. The molecular formula is C10H13N3O2S. The molecule has 6 heteroatoms. The molecule has 5 N–H and O–H groups in total. The Kier molecular flexibility index (Phi) is 2.71. The van der Waals surface area contributed by atoms with E-state index in [4.69, 9.17) is 10.9 Å². The number of hydrogen-bond donors (Lipinski definition) is 3. The summed E-state index contributed by atoms with van der Waals surface area (Å²) in [5, 5.41) is 5.94. The number of fused-ring (bicyclic) bond motifs is 1. The number of nitrogens with two attached hydrogens (primary N) is 2. The van der Waals surface area contributed by atoms with Crippen molar-refractivity contribution in [3.63, 3.8) is 0 Å². The molecule has 0 fully saturated rings. The first-order chi connectivity index (χ1) is 7.52. The van der Waals surface area contributed by atoms with Crippen molar-refractivity contribution in [1.29, 1.82) is 0 Å². The summed E-state index contributed by atoms with van der Waals surface area (Å²) in [7, 11) is -3.65. The molecule has 1 heterocycles. The van der Waals surface area contributed by atoms with Crippen LogP contribution in [-0.2, 0) is 16.4 Å². The molecule has 0 aliphatic carbocycles. The van der Waals surface area contributed by atoms with E-state index in [1.165, 1.54) is 6.07 Å². The van der Waals surface area contributed by atoms with Gasteiger partial charge in [-0.15, -0.1) is 0 Å². The van der Waals surface area contributed by atoms with Crippen molar-refractivity contribution in [2.45, 2.75) is 11.3 Å². The SMILES string of the molecule is NCCc1c[nH]c2ccc(S(N)(=O)=O)cc12. The molecule has 0 aliphatic rings. The van der Waals surface area contributed by atoms with E-state index < -0.39 is 10.0 Å². The summed E-state index contributed by atoms with van der Waals surface area (Å²) in [6.07, 6.45) is 2.54. The van der Waals surface area contributed by atoms with Crippen molar-refractivity contribution >= 4 is 20.9 Å².